The number of hydrogen-bond acceptors (Lipinski definition) is 5. The Labute approximate surface area is 132 Å². The Hall–Kier alpha value is -3.15. The molecule has 0 atom stereocenters. The summed E-state index contributed by atoms with van der Waals surface area (Å²) < 4.78 is 5.20. The molecule has 0 bridgehead atoms. The van der Waals surface area contributed by atoms with E-state index in [0.29, 0.717) is 17.7 Å². The second kappa shape index (κ2) is 6.31. The Bertz CT molecular complexity index is 865. The third-order valence-corrected chi connectivity index (χ3v) is 3.44. The smallest absolute Gasteiger partial charge is 0.354 e. The van der Waals surface area contributed by atoms with Gasteiger partial charge in [-0.05, 0) is 29.8 Å². The molecule has 2 heterocycles. The number of aromatic carboxylic acids is 1. The molecule has 0 amide bonds. The van der Waals surface area contributed by atoms with Crippen LogP contribution in [0, 0.1) is 0 Å². The number of nitrogens with zero attached hydrogens (tertiary/aromatic N) is 2. The maximum Gasteiger partial charge on any atom is 0.354 e. The number of carbonyl (C=O) groups is 1. The number of fused-ring (bicyclic) bond motifs is 1. The molecule has 3 rings (SSSR count). The van der Waals surface area contributed by atoms with Crippen molar-refractivity contribution in [2.45, 2.75) is 6.54 Å². The Kier molecular flexibility index (Phi) is 4.05. The molecule has 6 heteroatoms. The molecule has 2 N–H and O–H groups in total. The third kappa shape index (κ3) is 3.21. The number of anilines is 1. The van der Waals surface area contributed by atoms with Crippen molar-refractivity contribution in [2.24, 2.45) is 0 Å². The van der Waals surface area contributed by atoms with E-state index >= 15 is 0 Å². The van der Waals surface area contributed by atoms with Gasteiger partial charge in [0.05, 0.1) is 24.5 Å². The maximum atomic E-state index is 11.1. The molecule has 0 saturated carbocycles. The summed E-state index contributed by atoms with van der Waals surface area (Å²) >= 11 is 0. The summed E-state index contributed by atoms with van der Waals surface area (Å²) in [5.74, 6) is -0.269. The molecule has 0 saturated heterocycles. The summed E-state index contributed by atoms with van der Waals surface area (Å²) in [5.41, 5.74) is 2.32. The van der Waals surface area contributed by atoms with E-state index in [1.807, 2.05) is 24.3 Å². The first-order valence-electron chi connectivity index (χ1n) is 7.02. The van der Waals surface area contributed by atoms with Crippen LogP contribution in [0.25, 0.3) is 10.9 Å². The van der Waals surface area contributed by atoms with Crippen molar-refractivity contribution in [1.82, 2.24) is 9.97 Å². The third-order valence-electron chi connectivity index (χ3n) is 3.44. The molecule has 0 aliphatic rings. The van der Waals surface area contributed by atoms with Crippen molar-refractivity contribution in [3.05, 3.63) is 60.0 Å². The Morgan fingerprint density at radius 2 is 2.13 bits per heavy atom. The predicted octanol–water partition coefficient (Wildman–Crippen LogP) is 2.95. The number of aromatic nitrogens is 2. The Morgan fingerprint density at radius 1 is 1.26 bits per heavy atom. The molecule has 6 nitrogen and oxygen atoms in total. The SMILES string of the molecule is COc1cccc(CNc2cncc3ccc(C(=O)O)nc23)c1. The van der Waals surface area contributed by atoms with Crippen molar-refractivity contribution in [2.75, 3.05) is 12.4 Å². The zero-order valence-electron chi connectivity index (χ0n) is 12.5. The van der Waals surface area contributed by atoms with Gasteiger partial charge in [-0.1, -0.05) is 12.1 Å². The van der Waals surface area contributed by atoms with Gasteiger partial charge in [0.1, 0.15) is 11.4 Å². The number of pyridine rings is 2. The van der Waals surface area contributed by atoms with Crippen molar-refractivity contribution in [3.8, 4) is 5.75 Å². The average Bonchev–Trinajstić information content (AvgIpc) is 2.59. The molecule has 116 valence electrons. The van der Waals surface area contributed by atoms with Gasteiger partial charge in [0.15, 0.2) is 0 Å². The fourth-order valence-corrected chi connectivity index (χ4v) is 2.27. The molecular weight excluding hydrogens is 294 g/mol. The standard InChI is InChI=1S/C17H15N3O3/c1-23-13-4-2-3-11(7-13)8-19-15-10-18-9-12-5-6-14(17(21)22)20-16(12)15/h2-7,9-10,19H,8H2,1H3,(H,21,22). The van der Waals surface area contributed by atoms with Crippen LogP contribution in [0.2, 0.25) is 0 Å². The second-order valence-corrected chi connectivity index (χ2v) is 4.97. The molecule has 23 heavy (non-hydrogen) atoms. The fourth-order valence-electron chi connectivity index (χ4n) is 2.27. The fraction of sp³-hybridized carbons (Fsp3) is 0.118. The zero-order chi connectivity index (χ0) is 16.2. The first kappa shape index (κ1) is 14.8. The van der Waals surface area contributed by atoms with Crippen LogP contribution in [0.3, 0.4) is 0 Å². The summed E-state index contributed by atoms with van der Waals surface area (Å²) in [6.45, 7) is 0.553. The van der Waals surface area contributed by atoms with Crippen molar-refractivity contribution in [1.29, 1.82) is 0 Å². The minimum absolute atomic E-state index is 0.00753. The van der Waals surface area contributed by atoms with Gasteiger partial charge in [-0.15, -0.1) is 0 Å². The molecule has 3 aromatic rings. The predicted molar refractivity (Wildman–Crippen MR) is 86.8 cm³/mol. The number of rotatable bonds is 5. The quantitative estimate of drug-likeness (QED) is 0.754. The van der Waals surface area contributed by atoms with E-state index in [1.54, 1.807) is 25.6 Å². The molecule has 0 aliphatic carbocycles. The van der Waals surface area contributed by atoms with E-state index in [2.05, 4.69) is 15.3 Å². The van der Waals surface area contributed by atoms with Gasteiger partial charge in [-0.25, -0.2) is 9.78 Å². The zero-order valence-corrected chi connectivity index (χ0v) is 12.5. The van der Waals surface area contributed by atoms with Crippen LogP contribution in [0.5, 0.6) is 5.75 Å². The van der Waals surface area contributed by atoms with E-state index in [0.717, 1.165) is 16.7 Å². The van der Waals surface area contributed by atoms with Gasteiger partial charge >= 0.3 is 5.97 Å². The number of nitrogens with one attached hydrogen (secondary N) is 1. The molecule has 0 spiro atoms. The summed E-state index contributed by atoms with van der Waals surface area (Å²) in [6.07, 6.45) is 3.30. The normalized spacial score (nSPS) is 10.5. The summed E-state index contributed by atoms with van der Waals surface area (Å²) in [6, 6.07) is 10.9. The highest BCUT2D eigenvalue weighted by Gasteiger charge is 2.09. The van der Waals surface area contributed by atoms with Crippen molar-refractivity contribution < 1.29 is 14.6 Å². The van der Waals surface area contributed by atoms with Gasteiger partial charge < -0.3 is 15.2 Å². The average molecular weight is 309 g/mol. The number of benzene rings is 1. The lowest BCUT2D eigenvalue weighted by molar-refractivity contribution is 0.0691. The van der Waals surface area contributed by atoms with E-state index in [1.165, 1.54) is 6.07 Å². The van der Waals surface area contributed by atoms with E-state index < -0.39 is 5.97 Å². The van der Waals surface area contributed by atoms with Crippen LogP contribution >= 0.6 is 0 Å². The van der Waals surface area contributed by atoms with Gasteiger partial charge in [0.2, 0.25) is 0 Å². The highest BCUT2D eigenvalue weighted by molar-refractivity contribution is 5.94. The van der Waals surface area contributed by atoms with Gasteiger partial charge in [0, 0.05) is 18.1 Å². The lowest BCUT2D eigenvalue weighted by Gasteiger charge is -2.10. The van der Waals surface area contributed by atoms with Gasteiger partial charge in [-0.3, -0.25) is 4.98 Å². The number of ether oxygens (including phenoxy) is 1. The monoisotopic (exact) mass is 309 g/mol. The topological polar surface area (TPSA) is 84.3 Å². The molecule has 0 fully saturated rings. The molecule has 0 aliphatic heterocycles. The van der Waals surface area contributed by atoms with E-state index in [-0.39, 0.29) is 5.69 Å². The van der Waals surface area contributed by atoms with Crippen LogP contribution in [0.15, 0.2) is 48.8 Å². The van der Waals surface area contributed by atoms with Crippen LogP contribution in [-0.2, 0) is 6.54 Å². The molecule has 2 aromatic heterocycles. The van der Waals surface area contributed by atoms with Crippen molar-refractivity contribution >= 4 is 22.6 Å². The second-order valence-electron chi connectivity index (χ2n) is 4.97. The largest absolute Gasteiger partial charge is 0.497 e. The van der Waals surface area contributed by atoms with Crippen molar-refractivity contribution in [3.63, 3.8) is 0 Å². The first-order valence-corrected chi connectivity index (χ1v) is 7.02. The minimum Gasteiger partial charge on any atom is -0.497 e. The first-order chi connectivity index (χ1) is 11.2. The summed E-state index contributed by atoms with van der Waals surface area (Å²) in [5, 5.41) is 13.1. The van der Waals surface area contributed by atoms with E-state index in [9.17, 15) is 4.79 Å². The van der Waals surface area contributed by atoms with Gasteiger partial charge in [0.25, 0.3) is 0 Å². The summed E-state index contributed by atoms with van der Waals surface area (Å²) in [4.78, 5) is 19.4. The number of hydrogen-bond donors (Lipinski definition) is 2. The maximum absolute atomic E-state index is 11.1. The summed E-state index contributed by atoms with van der Waals surface area (Å²) in [7, 11) is 1.62. The lowest BCUT2D eigenvalue weighted by atomic mass is 10.2. The van der Waals surface area contributed by atoms with Crippen LogP contribution in [-0.4, -0.2) is 28.2 Å². The van der Waals surface area contributed by atoms with Crippen LogP contribution in [0.1, 0.15) is 16.1 Å². The molecule has 0 unspecified atom stereocenters. The molecular formula is C17H15N3O3. The highest BCUT2D eigenvalue weighted by Crippen LogP contribution is 2.22. The number of carboxylic acid groups (broad SMARTS) is 1. The Balaban J connectivity index is 1.89. The molecule has 1 aromatic carbocycles. The van der Waals surface area contributed by atoms with Crippen LogP contribution < -0.4 is 10.1 Å². The Morgan fingerprint density at radius 3 is 2.91 bits per heavy atom. The minimum atomic E-state index is -1.05. The lowest BCUT2D eigenvalue weighted by Crippen LogP contribution is -2.04. The van der Waals surface area contributed by atoms with E-state index in [4.69, 9.17) is 9.84 Å². The highest BCUT2D eigenvalue weighted by atomic mass is 16.5. The molecule has 0 radical (unpaired) electrons. The number of carboxylic acids is 1. The van der Waals surface area contributed by atoms with Crippen LogP contribution in [0.4, 0.5) is 5.69 Å². The van der Waals surface area contributed by atoms with Gasteiger partial charge in [-0.2, -0.15) is 0 Å². The number of methoxy groups -OCH3 is 1.